The van der Waals surface area contributed by atoms with Gasteiger partial charge in [0, 0.05) is 38.9 Å². The Morgan fingerprint density at radius 3 is 1.04 bits per heavy atom. The van der Waals surface area contributed by atoms with Crippen LogP contribution in [0.1, 0.15) is 50.1 Å². The summed E-state index contributed by atoms with van der Waals surface area (Å²) in [5.74, 6) is 0. The number of benzene rings is 9. The first-order valence-corrected chi connectivity index (χ1v) is 24.9. The second-order valence-electron chi connectivity index (χ2n) is 20.1. The van der Waals surface area contributed by atoms with Gasteiger partial charge in [-0.1, -0.05) is 119 Å². The molecule has 12 rings (SSSR count). The summed E-state index contributed by atoms with van der Waals surface area (Å²) >= 11 is 0. The normalized spacial score (nSPS) is 11.6. The largest absolute Gasteiger partial charge is 0.309 e. The lowest BCUT2D eigenvalue weighted by Gasteiger charge is -2.19. The second-order valence-corrected chi connectivity index (χ2v) is 20.1. The van der Waals surface area contributed by atoms with Crippen molar-refractivity contribution >= 4 is 43.6 Å². The Labute approximate surface area is 421 Å². The van der Waals surface area contributed by atoms with E-state index in [2.05, 4.69) is 234 Å². The molecule has 0 saturated heterocycles. The Kier molecular flexibility index (Phi) is 10.7. The van der Waals surface area contributed by atoms with Crippen molar-refractivity contribution in [2.45, 2.75) is 55.4 Å². The van der Waals surface area contributed by atoms with Crippen LogP contribution in [0.3, 0.4) is 0 Å². The van der Waals surface area contributed by atoms with Crippen molar-refractivity contribution in [1.29, 1.82) is 5.26 Å². The fourth-order valence-electron chi connectivity index (χ4n) is 11.6. The molecule has 0 radical (unpaired) electrons. The Balaban J connectivity index is 1.12. The third-order valence-corrected chi connectivity index (χ3v) is 15.0. The maximum absolute atomic E-state index is 10.6. The van der Waals surface area contributed by atoms with E-state index in [4.69, 9.17) is 4.98 Å². The Morgan fingerprint density at radius 1 is 0.333 bits per heavy atom. The maximum atomic E-state index is 10.6. The smallest absolute Gasteiger partial charge is 0.0991 e. The van der Waals surface area contributed by atoms with Crippen molar-refractivity contribution < 1.29 is 0 Å². The van der Waals surface area contributed by atoms with Crippen LogP contribution in [-0.4, -0.2) is 14.1 Å². The zero-order valence-corrected chi connectivity index (χ0v) is 42.1. The number of hydrogen-bond acceptors (Lipinski definition) is 2. The van der Waals surface area contributed by atoms with Gasteiger partial charge in [0.1, 0.15) is 0 Å². The predicted octanol–water partition coefficient (Wildman–Crippen LogP) is 17.9. The highest BCUT2D eigenvalue weighted by atomic mass is 15.0. The number of nitriles is 1. The first-order valence-electron chi connectivity index (χ1n) is 24.9. The fraction of sp³-hybridized carbons (Fsp3) is 0.118. The van der Waals surface area contributed by atoms with Crippen molar-refractivity contribution in [3.63, 3.8) is 0 Å². The number of aryl methyl sites for hydroxylation is 8. The second kappa shape index (κ2) is 17.3. The molecule has 4 heteroatoms. The van der Waals surface area contributed by atoms with Gasteiger partial charge in [-0.15, -0.1) is 0 Å². The molecule has 0 bridgehead atoms. The summed E-state index contributed by atoms with van der Waals surface area (Å²) < 4.78 is 4.78. The SMILES string of the molecule is Cc1ccc(-c2ccc3c(c2)c2cc(-c4ccc(C)cc4C)ccc2n3-c2ccc(C#N)cc2-c2ccncc2-n2c3ccc(-c4ccc(C)cc4C)cc3c3cc(-c4ccc(C)cc4C)ccc32)c(C)c1. The van der Waals surface area contributed by atoms with Gasteiger partial charge in [-0.3, -0.25) is 4.98 Å². The van der Waals surface area contributed by atoms with Crippen LogP contribution in [0.5, 0.6) is 0 Å². The van der Waals surface area contributed by atoms with E-state index in [0.717, 1.165) is 55.3 Å². The van der Waals surface area contributed by atoms with Crippen LogP contribution in [0.25, 0.3) is 111 Å². The molecule has 9 aromatic carbocycles. The minimum Gasteiger partial charge on any atom is -0.309 e. The monoisotopic (exact) mass is 926 g/mol. The summed E-state index contributed by atoms with van der Waals surface area (Å²) in [5, 5.41) is 15.3. The molecule has 12 aromatic rings. The summed E-state index contributed by atoms with van der Waals surface area (Å²) in [7, 11) is 0. The van der Waals surface area contributed by atoms with Crippen molar-refractivity contribution in [2.75, 3.05) is 0 Å². The molecule has 0 N–H and O–H groups in total. The molecular weight excluding hydrogens is 873 g/mol. The van der Waals surface area contributed by atoms with E-state index in [-0.39, 0.29) is 0 Å². The number of hydrogen-bond donors (Lipinski definition) is 0. The van der Waals surface area contributed by atoms with E-state index in [1.165, 1.54) is 99.8 Å². The van der Waals surface area contributed by atoms with Gasteiger partial charge < -0.3 is 9.13 Å². The third kappa shape index (κ3) is 7.40. The molecule has 0 unspecified atom stereocenters. The van der Waals surface area contributed by atoms with Crippen molar-refractivity contribution in [3.05, 3.63) is 232 Å². The van der Waals surface area contributed by atoms with Crippen LogP contribution in [0.2, 0.25) is 0 Å². The number of nitrogens with zero attached hydrogens (tertiary/aromatic N) is 4. The summed E-state index contributed by atoms with van der Waals surface area (Å²) in [6, 6.07) is 65.3. The van der Waals surface area contributed by atoms with Crippen molar-refractivity contribution in [1.82, 2.24) is 14.1 Å². The van der Waals surface area contributed by atoms with Crippen LogP contribution < -0.4 is 0 Å². The summed E-state index contributed by atoms with van der Waals surface area (Å²) in [5.41, 5.74) is 28.4. The average molecular weight is 927 g/mol. The minimum absolute atomic E-state index is 0.588. The van der Waals surface area contributed by atoms with Gasteiger partial charge in [-0.25, -0.2) is 0 Å². The zero-order valence-electron chi connectivity index (χ0n) is 42.1. The van der Waals surface area contributed by atoms with Crippen LogP contribution in [-0.2, 0) is 0 Å². The maximum Gasteiger partial charge on any atom is 0.0991 e. The molecule has 0 spiro atoms. The van der Waals surface area contributed by atoms with Gasteiger partial charge in [0.05, 0.1) is 51.3 Å². The Hall–Kier alpha value is -8.78. The Bertz CT molecular complexity index is 4050. The van der Waals surface area contributed by atoms with E-state index in [0.29, 0.717) is 5.56 Å². The lowest BCUT2D eigenvalue weighted by atomic mass is 9.95. The van der Waals surface area contributed by atoms with E-state index in [1.807, 2.05) is 18.5 Å². The van der Waals surface area contributed by atoms with Gasteiger partial charge in [-0.05, 0) is 195 Å². The first-order chi connectivity index (χ1) is 34.9. The zero-order chi connectivity index (χ0) is 49.5. The van der Waals surface area contributed by atoms with Crippen molar-refractivity contribution in [3.8, 4) is 73.1 Å². The fourth-order valence-corrected chi connectivity index (χ4v) is 11.6. The lowest BCUT2D eigenvalue weighted by Crippen LogP contribution is -2.02. The molecule has 0 amide bonds. The average Bonchev–Trinajstić information content (AvgIpc) is 3.87. The molecule has 0 aliphatic heterocycles. The van der Waals surface area contributed by atoms with E-state index in [1.54, 1.807) is 0 Å². The van der Waals surface area contributed by atoms with Gasteiger partial charge in [-0.2, -0.15) is 5.26 Å². The van der Waals surface area contributed by atoms with E-state index >= 15 is 0 Å². The van der Waals surface area contributed by atoms with Crippen molar-refractivity contribution in [2.24, 2.45) is 0 Å². The van der Waals surface area contributed by atoms with Crippen LogP contribution >= 0.6 is 0 Å². The predicted molar refractivity (Wildman–Crippen MR) is 303 cm³/mol. The topological polar surface area (TPSA) is 46.5 Å². The summed E-state index contributed by atoms with van der Waals surface area (Å²) in [6.07, 6.45) is 3.87. The number of fused-ring (bicyclic) bond motifs is 6. The molecule has 72 heavy (non-hydrogen) atoms. The number of pyridine rings is 1. The number of aromatic nitrogens is 3. The minimum atomic E-state index is 0.588. The first kappa shape index (κ1) is 44.4. The highest BCUT2D eigenvalue weighted by molar-refractivity contribution is 6.14. The van der Waals surface area contributed by atoms with Gasteiger partial charge >= 0.3 is 0 Å². The van der Waals surface area contributed by atoms with Crippen LogP contribution in [0.15, 0.2) is 182 Å². The molecule has 4 nitrogen and oxygen atoms in total. The van der Waals surface area contributed by atoms with Crippen LogP contribution in [0, 0.1) is 66.7 Å². The molecule has 0 aliphatic rings. The molecule has 0 fully saturated rings. The third-order valence-electron chi connectivity index (χ3n) is 15.0. The lowest BCUT2D eigenvalue weighted by molar-refractivity contribution is 1.13. The quantitative estimate of drug-likeness (QED) is 0.160. The Morgan fingerprint density at radius 2 is 0.694 bits per heavy atom. The summed E-state index contributed by atoms with van der Waals surface area (Å²) in [6.45, 7) is 17.4. The molecule has 0 saturated carbocycles. The molecule has 0 atom stereocenters. The molecular formula is C68H54N4. The standard InChI is InChI=1S/C68H54N4/c1-40-9-18-53(44(5)29-40)49-14-23-64-59(34-49)60-35-50(54-19-10-41(2)30-45(54)6)15-24-65(60)71(64)63-22-13-48(38-69)33-58(63)57-27-28-70-39-68(57)72-66-25-16-51(55-20-11-42(3)31-46(55)7)36-61(66)62-37-52(17-26-67(62)72)56-21-12-43(4)32-47(56)8/h9-37,39H,1-8H3. The number of rotatable bonds is 7. The molecule has 3 heterocycles. The summed E-state index contributed by atoms with van der Waals surface area (Å²) in [4.78, 5) is 4.85. The molecule has 3 aromatic heterocycles. The molecule has 0 aliphatic carbocycles. The van der Waals surface area contributed by atoms with E-state index < -0.39 is 0 Å². The van der Waals surface area contributed by atoms with E-state index in [9.17, 15) is 5.26 Å². The van der Waals surface area contributed by atoms with Crippen LogP contribution in [0.4, 0.5) is 0 Å². The molecule has 346 valence electrons. The van der Waals surface area contributed by atoms with Gasteiger partial charge in [0.25, 0.3) is 0 Å². The highest BCUT2D eigenvalue weighted by Crippen LogP contribution is 2.44. The van der Waals surface area contributed by atoms with Gasteiger partial charge in [0.15, 0.2) is 0 Å². The van der Waals surface area contributed by atoms with Gasteiger partial charge in [0.2, 0.25) is 0 Å². The highest BCUT2D eigenvalue weighted by Gasteiger charge is 2.23.